The second kappa shape index (κ2) is 5.66. The highest BCUT2D eigenvalue weighted by Gasteiger charge is 2.05. The molecule has 0 bridgehead atoms. The normalized spacial score (nSPS) is 10.5. The van der Waals surface area contributed by atoms with Gasteiger partial charge in [-0.25, -0.2) is 0 Å². The smallest absolute Gasteiger partial charge is 0.140 e. The molecule has 2 nitrogen and oxygen atoms in total. The Hall–Kier alpha value is -1.35. The Bertz CT molecular complexity index is 415. The number of Topliss-reactive ketones (excluding diaryl/α,β-unsaturated/α-hetero) is 1. The molecule has 0 saturated heterocycles. The van der Waals surface area contributed by atoms with Gasteiger partial charge in [0.25, 0.3) is 0 Å². The average Bonchev–Trinajstić information content (AvgIpc) is 2.90. The van der Waals surface area contributed by atoms with E-state index in [0.717, 1.165) is 18.6 Å². The highest BCUT2D eigenvalue weighted by atomic mass is 32.1. The van der Waals surface area contributed by atoms with Crippen LogP contribution in [0, 0.1) is 0 Å². The maximum absolute atomic E-state index is 11.6. The molecule has 84 valence electrons. The van der Waals surface area contributed by atoms with Gasteiger partial charge in [-0.05, 0) is 36.4 Å². The topological polar surface area (TPSA) is 30.2 Å². The molecule has 0 spiro atoms. The monoisotopic (exact) mass is 234 g/mol. The van der Waals surface area contributed by atoms with E-state index in [9.17, 15) is 4.79 Å². The van der Waals surface area contributed by atoms with Crippen molar-refractivity contribution in [1.82, 2.24) is 0 Å². The summed E-state index contributed by atoms with van der Waals surface area (Å²) in [5.41, 5.74) is 0. The molecule has 2 aromatic heterocycles. The number of thiophene rings is 1. The minimum absolute atomic E-state index is 0.256. The summed E-state index contributed by atoms with van der Waals surface area (Å²) in [6, 6.07) is 7.82. The minimum atomic E-state index is 0.256. The van der Waals surface area contributed by atoms with Crippen molar-refractivity contribution in [3.05, 3.63) is 46.5 Å². The van der Waals surface area contributed by atoms with Crippen LogP contribution in [-0.2, 0) is 17.6 Å². The van der Waals surface area contributed by atoms with Crippen LogP contribution in [0.5, 0.6) is 0 Å². The molecule has 3 heteroatoms. The number of carbonyl (C=O) groups excluding carboxylic acids is 1. The molecule has 2 aromatic rings. The molecule has 0 atom stereocenters. The Morgan fingerprint density at radius 2 is 2.25 bits per heavy atom. The fourth-order valence-electron chi connectivity index (χ4n) is 1.61. The molecule has 0 aliphatic rings. The first-order valence-corrected chi connectivity index (χ1v) is 6.29. The highest BCUT2D eigenvalue weighted by molar-refractivity contribution is 7.09. The molecule has 0 aromatic carbocycles. The Morgan fingerprint density at radius 1 is 1.31 bits per heavy atom. The van der Waals surface area contributed by atoms with Gasteiger partial charge >= 0.3 is 0 Å². The van der Waals surface area contributed by atoms with Crippen LogP contribution in [0.15, 0.2) is 40.3 Å². The third-order valence-electron chi connectivity index (χ3n) is 2.41. The van der Waals surface area contributed by atoms with Gasteiger partial charge in [0.05, 0.1) is 12.7 Å². The van der Waals surface area contributed by atoms with Gasteiger partial charge in [0.15, 0.2) is 0 Å². The van der Waals surface area contributed by atoms with Crippen LogP contribution in [0.4, 0.5) is 0 Å². The Balaban J connectivity index is 1.68. The summed E-state index contributed by atoms with van der Waals surface area (Å²) in [6.45, 7) is 0. The van der Waals surface area contributed by atoms with Crippen molar-refractivity contribution >= 4 is 17.1 Å². The lowest BCUT2D eigenvalue weighted by Gasteiger charge is -1.98. The second-order valence-corrected chi connectivity index (χ2v) is 4.76. The van der Waals surface area contributed by atoms with E-state index < -0.39 is 0 Å². The van der Waals surface area contributed by atoms with E-state index in [1.807, 2.05) is 18.2 Å². The van der Waals surface area contributed by atoms with Crippen LogP contribution in [0.25, 0.3) is 0 Å². The summed E-state index contributed by atoms with van der Waals surface area (Å²) in [5.74, 6) is 1.02. The lowest BCUT2D eigenvalue weighted by Crippen LogP contribution is -2.02. The van der Waals surface area contributed by atoms with Crippen molar-refractivity contribution < 1.29 is 9.21 Å². The molecule has 0 amide bonds. The van der Waals surface area contributed by atoms with Gasteiger partial charge < -0.3 is 4.42 Å². The van der Waals surface area contributed by atoms with Crippen LogP contribution in [0.2, 0.25) is 0 Å². The number of hydrogen-bond donors (Lipinski definition) is 0. The van der Waals surface area contributed by atoms with Gasteiger partial charge in [-0.1, -0.05) is 6.07 Å². The maximum atomic E-state index is 11.6. The highest BCUT2D eigenvalue weighted by Crippen LogP contribution is 2.12. The number of furan rings is 1. The van der Waals surface area contributed by atoms with Crippen LogP contribution < -0.4 is 0 Å². The first kappa shape index (κ1) is 11.1. The Kier molecular flexibility index (Phi) is 3.94. The third kappa shape index (κ3) is 3.35. The standard InChI is InChI=1S/C13H14O2S/c14-11(10-12-5-2-8-15-12)4-1-6-13-7-3-9-16-13/h2-3,5,7-9H,1,4,6,10H2. The van der Waals surface area contributed by atoms with Gasteiger partial charge in [0, 0.05) is 11.3 Å². The van der Waals surface area contributed by atoms with Crippen molar-refractivity contribution in [3.63, 3.8) is 0 Å². The van der Waals surface area contributed by atoms with Gasteiger partial charge in [0.1, 0.15) is 11.5 Å². The van der Waals surface area contributed by atoms with Gasteiger partial charge in [-0.15, -0.1) is 11.3 Å². The maximum Gasteiger partial charge on any atom is 0.140 e. The summed E-state index contributed by atoms with van der Waals surface area (Å²) in [5, 5.41) is 2.07. The molecule has 2 heterocycles. The molecule has 16 heavy (non-hydrogen) atoms. The Morgan fingerprint density at radius 3 is 2.94 bits per heavy atom. The van der Waals surface area contributed by atoms with E-state index in [2.05, 4.69) is 11.4 Å². The summed E-state index contributed by atoms with van der Waals surface area (Å²) < 4.78 is 5.14. The van der Waals surface area contributed by atoms with Crippen LogP contribution in [0.3, 0.4) is 0 Å². The van der Waals surface area contributed by atoms with E-state index in [-0.39, 0.29) is 5.78 Å². The third-order valence-corrected chi connectivity index (χ3v) is 3.35. The molecule has 0 aliphatic carbocycles. The first-order valence-electron chi connectivity index (χ1n) is 5.41. The van der Waals surface area contributed by atoms with Crippen LogP contribution in [-0.4, -0.2) is 5.78 Å². The van der Waals surface area contributed by atoms with Crippen molar-refractivity contribution in [1.29, 1.82) is 0 Å². The van der Waals surface area contributed by atoms with Crippen molar-refractivity contribution in [3.8, 4) is 0 Å². The second-order valence-electron chi connectivity index (χ2n) is 3.73. The van der Waals surface area contributed by atoms with Crippen LogP contribution in [0.1, 0.15) is 23.5 Å². The first-order chi connectivity index (χ1) is 7.84. The summed E-state index contributed by atoms with van der Waals surface area (Å²) in [4.78, 5) is 12.9. The number of rotatable bonds is 6. The van der Waals surface area contributed by atoms with Crippen molar-refractivity contribution in [2.24, 2.45) is 0 Å². The van der Waals surface area contributed by atoms with E-state index in [1.165, 1.54) is 4.88 Å². The summed E-state index contributed by atoms with van der Waals surface area (Å²) in [7, 11) is 0. The lowest BCUT2D eigenvalue weighted by atomic mass is 10.1. The largest absolute Gasteiger partial charge is 0.469 e. The van der Waals surface area contributed by atoms with E-state index in [4.69, 9.17) is 4.42 Å². The lowest BCUT2D eigenvalue weighted by molar-refractivity contribution is -0.118. The SMILES string of the molecule is O=C(CCCc1cccs1)Cc1ccco1. The van der Waals surface area contributed by atoms with Crippen molar-refractivity contribution in [2.75, 3.05) is 0 Å². The van der Waals surface area contributed by atoms with Gasteiger partial charge in [0.2, 0.25) is 0 Å². The average molecular weight is 234 g/mol. The molecule has 0 radical (unpaired) electrons. The number of carbonyl (C=O) groups is 1. The fourth-order valence-corrected chi connectivity index (χ4v) is 2.36. The minimum Gasteiger partial charge on any atom is -0.469 e. The predicted octanol–water partition coefficient (Wildman–Crippen LogP) is 3.48. The summed E-state index contributed by atoms with van der Waals surface area (Å²) >= 11 is 1.75. The molecule has 2 rings (SSSR count). The van der Waals surface area contributed by atoms with Gasteiger partial charge in [-0.2, -0.15) is 0 Å². The van der Waals surface area contributed by atoms with Gasteiger partial charge in [-0.3, -0.25) is 4.79 Å². The zero-order valence-corrected chi connectivity index (χ0v) is 9.83. The molecule has 0 aliphatic heterocycles. The molecule has 0 saturated carbocycles. The quantitative estimate of drug-likeness (QED) is 0.766. The number of hydrogen-bond acceptors (Lipinski definition) is 3. The molecular weight excluding hydrogens is 220 g/mol. The van der Waals surface area contributed by atoms with E-state index >= 15 is 0 Å². The van der Waals surface area contributed by atoms with Crippen molar-refractivity contribution in [2.45, 2.75) is 25.7 Å². The zero-order valence-electron chi connectivity index (χ0n) is 9.02. The van der Waals surface area contributed by atoms with E-state index in [0.29, 0.717) is 12.8 Å². The molecule has 0 fully saturated rings. The number of aryl methyl sites for hydroxylation is 1. The molecule has 0 unspecified atom stereocenters. The zero-order chi connectivity index (χ0) is 11.2. The van der Waals surface area contributed by atoms with Crippen LogP contribution >= 0.6 is 11.3 Å². The Labute approximate surface area is 98.9 Å². The fraction of sp³-hybridized carbons (Fsp3) is 0.308. The molecule has 0 N–H and O–H groups in total. The molecular formula is C13H14O2S. The summed E-state index contributed by atoms with van der Waals surface area (Å²) in [6.07, 6.45) is 4.60. The van der Waals surface area contributed by atoms with E-state index in [1.54, 1.807) is 17.6 Å². The number of ketones is 1. The predicted molar refractivity (Wildman–Crippen MR) is 64.7 cm³/mol.